The third-order valence-electron chi connectivity index (χ3n) is 3.77. The summed E-state index contributed by atoms with van der Waals surface area (Å²) in [6, 6.07) is 16.0. The first-order chi connectivity index (χ1) is 12.5. The molecule has 1 atom stereocenters. The molecule has 0 saturated carbocycles. The number of nitrogens with one attached hydrogen (secondary N) is 1. The summed E-state index contributed by atoms with van der Waals surface area (Å²) in [5, 5.41) is 11.6. The van der Waals surface area contributed by atoms with Crippen molar-refractivity contribution in [1.82, 2.24) is 0 Å². The van der Waals surface area contributed by atoms with Crippen LogP contribution >= 0.6 is 0 Å². The van der Waals surface area contributed by atoms with E-state index in [1.807, 2.05) is 30.3 Å². The molecule has 0 heterocycles. The molecule has 0 aromatic heterocycles. The molecule has 0 saturated heterocycles. The van der Waals surface area contributed by atoms with Crippen molar-refractivity contribution in [1.29, 1.82) is 5.26 Å². The molecule has 1 N–H and O–H groups in total. The van der Waals surface area contributed by atoms with Gasteiger partial charge in [0, 0.05) is 6.42 Å². The van der Waals surface area contributed by atoms with Gasteiger partial charge in [-0.05, 0) is 37.1 Å². The maximum absolute atomic E-state index is 12.2. The van der Waals surface area contributed by atoms with Gasteiger partial charge in [0.15, 0.2) is 6.10 Å². The van der Waals surface area contributed by atoms with E-state index >= 15 is 0 Å². The lowest BCUT2D eigenvalue weighted by Gasteiger charge is -2.14. The zero-order valence-electron chi connectivity index (χ0n) is 14.7. The van der Waals surface area contributed by atoms with Crippen molar-refractivity contribution in [2.24, 2.45) is 0 Å². The second kappa shape index (κ2) is 9.23. The van der Waals surface area contributed by atoms with Crippen molar-refractivity contribution < 1.29 is 19.1 Å². The maximum Gasteiger partial charge on any atom is 0.306 e. The molecule has 0 unspecified atom stereocenters. The van der Waals surface area contributed by atoms with Crippen LogP contribution in [0.3, 0.4) is 0 Å². The maximum atomic E-state index is 12.2. The van der Waals surface area contributed by atoms with E-state index in [9.17, 15) is 9.59 Å². The molecule has 0 fully saturated rings. The fourth-order valence-corrected chi connectivity index (χ4v) is 2.38. The number of rotatable bonds is 7. The quantitative estimate of drug-likeness (QED) is 0.774. The summed E-state index contributed by atoms with van der Waals surface area (Å²) in [5.74, 6) is -0.260. The Morgan fingerprint density at radius 1 is 1.15 bits per heavy atom. The van der Waals surface area contributed by atoms with Gasteiger partial charge >= 0.3 is 5.97 Å². The van der Waals surface area contributed by atoms with Crippen molar-refractivity contribution in [2.75, 3.05) is 12.4 Å². The number of methoxy groups -OCH3 is 1. The number of nitrogens with zero attached hydrogens (tertiary/aromatic N) is 1. The average Bonchev–Trinajstić information content (AvgIpc) is 2.66. The highest BCUT2D eigenvalue weighted by atomic mass is 16.5. The molecular formula is C20H20N2O4. The van der Waals surface area contributed by atoms with Crippen molar-refractivity contribution in [2.45, 2.75) is 25.9 Å². The van der Waals surface area contributed by atoms with Crippen LogP contribution in [0.5, 0.6) is 5.75 Å². The molecule has 134 valence electrons. The van der Waals surface area contributed by atoms with E-state index in [0.29, 0.717) is 23.4 Å². The van der Waals surface area contributed by atoms with Gasteiger partial charge in [0.1, 0.15) is 11.8 Å². The Kier molecular flexibility index (Phi) is 6.75. The molecule has 0 radical (unpaired) electrons. The first-order valence-corrected chi connectivity index (χ1v) is 8.16. The Hall–Kier alpha value is -3.33. The molecule has 1 amide bonds. The molecule has 2 aromatic carbocycles. The second-order valence-electron chi connectivity index (χ2n) is 5.59. The first kappa shape index (κ1) is 19.0. The van der Waals surface area contributed by atoms with Gasteiger partial charge in [0.2, 0.25) is 0 Å². The predicted molar refractivity (Wildman–Crippen MR) is 96.7 cm³/mol. The van der Waals surface area contributed by atoms with Crippen LogP contribution in [0.15, 0.2) is 48.5 Å². The number of carbonyl (C=O) groups is 2. The number of para-hydroxylation sites is 2. The molecule has 0 bridgehead atoms. The summed E-state index contributed by atoms with van der Waals surface area (Å²) < 4.78 is 10.4. The highest BCUT2D eigenvalue weighted by molar-refractivity contribution is 5.96. The predicted octanol–water partition coefficient (Wildman–Crippen LogP) is 3.07. The summed E-state index contributed by atoms with van der Waals surface area (Å²) in [6.07, 6.45) is -0.381. The van der Waals surface area contributed by atoms with Gasteiger partial charge in [0.25, 0.3) is 5.91 Å². The Morgan fingerprint density at radius 3 is 2.58 bits per heavy atom. The first-order valence-electron chi connectivity index (χ1n) is 8.16. The van der Waals surface area contributed by atoms with Crippen LogP contribution in [0.4, 0.5) is 5.69 Å². The molecule has 0 aliphatic heterocycles. The van der Waals surface area contributed by atoms with Gasteiger partial charge in [-0.25, -0.2) is 0 Å². The molecule has 2 rings (SSSR count). The lowest BCUT2D eigenvalue weighted by atomic mass is 10.1. The molecule has 0 aliphatic carbocycles. The molecule has 26 heavy (non-hydrogen) atoms. The fourth-order valence-electron chi connectivity index (χ4n) is 2.38. The number of ether oxygens (including phenoxy) is 2. The van der Waals surface area contributed by atoms with Crippen LogP contribution in [0, 0.1) is 11.3 Å². The van der Waals surface area contributed by atoms with Crippen molar-refractivity contribution in [3.05, 3.63) is 59.7 Å². The average molecular weight is 352 g/mol. The SMILES string of the molecule is COc1ccccc1CCC(=O)O[C@H](C)C(=O)Nc1ccccc1C#N. The lowest BCUT2D eigenvalue weighted by Crippen LogP contribution is -2.30. The number of anilines is 1. The standard InChI is InChI=1S/C20H20N2O4/c1-14(20(24)22-17-9-5-3-8-16(17)13-21)26-19(23)12-11-15-7-4-6-10-18(15)25-2/h3-10,14H,11-12H2,1-2H3,(H,22,24)/t14-/m1/s1. The monoisotopic (exact) mass is 352 g/mol. The summed E-state index contributed by atoms with van der Waals surface area (Å²) >= 11 is 0. The van der Waals surface area contributed by atoms with E-state index in [4.69, 9.17) is 14.7 Å². The minimum Gasteiger partial charge on any atom is -0.496 e. The minimum atomic E-state index is -0.966. The number of carbonyl (C=O) groups excluding carboxylic acids is 2. The van der Waals surface area contributed by atoms with Crippen molar-refractivity contribution >= 4 is 17.6 Å². The summed E-state index contributed by atoms with van der Waals surface area (Å²) in [4.78, 5) is 24.2. The Labute approximate surface area is 152 Å². The van der Waals surface area contributed by atoms with Gasteiger partial charge in [-0.1, -0.05) is 30.3 Å². The number of nitriles is 1. The number of hydrogen-bond donors (Lipinski definition) is 1. The molecule has 2 aromatic rings. The van der Waals surface area contributed by atoms with E-state index in [2.05, 4.69) is 5.32 Å². The van der Waals surface area contributed by atoms with Gasteiger partial charge in [-0.3, -0.25) is 9.59 Å². The zero-order valence-corrected chi connectivity index (χ0v) is 14.7. The Balaban J connectivity index is 1.88. The van der Waals surface area contributed by atoms with E-state index in [0.717, 1.165) is 5.56 Å². The number of aryl methyl sites for hydroxylation is 1. The summed E-state index contributed by atoms with van der Waals surface area (Å²) in [5.41, 5.74) is 1.62. The molecule has 0 aliphatic rings. The van der Waals surface area contributed by atoms with Gasteiger partial charge in [-0.2, -0.15) is 5.26 Å². The molecular weight excluding hydrogens is 332 g/mol. The van der Waals surface area contributed by atoms with Crippen molar-refractivity contribution in [3.63, 3.8) is 0 Å². The topological polar surface area (TPSA) is 88.4 Å². The second-order valence-corrected chi connectivity index (χ2v) is 5.59. The minimum absolute atomic E-state index is 0.132. The van der Waals surface area contributed by atoms with Crippen LogP contribution < -0.4 is 10.1 Å². The summed E-state index contributed by atoms with van der Waals surface area (Å²) in [6.45, 7) is 1.49. The zero-order chi connectivity index (χ0) is 18.9. The summed E-state index contributed by atoms with van der Waals surface area (Å²) in [7, 11) is 1.57. The third kappa shape index (κ3) is 5.08. The number of hydrogen-bond acceptors (Lipinski definition) is 5. The molecule has 6 nitrogen and oxygen atoms in total. The lowest BCUT2D eigenvalue weighted by molar-refractivity contribution is -0.153. The highest BCUT2D eigenvalue weighted by Crippen LogP contribution is 2.19. The van der Waals surface area contributed by atoms with Crippen LogP contribution in [0.2, 0.25) is 0 Å². The number of benzene rings is 2. The van der Waals surface area contributed by atoms with Crippen LogP contribution in [-0.4, -0.2) is 25.1 Å². The number of esters is 1. The van der Waals surface area contributed by atoms with Crippen LogP contribution in [0.1, 0.15) is 24.5 Å². The molecule has 0 spiro atoms. The van der Waals surface area contributed by atoms with Crippen LogP contribution in [-0.2, 0) is 20.7 Å². The van der Waals surface area contributed by atoms with Crippen LogP contribution in [0.25, 0.3) is 0 Å². The van der Waals surface area contributed by atoms with Gasteiger partial charge in [-0.15, -0.1) is 0 Å². The smallest absolute Gasteiger partial charge is 0.306 e. The van der Waals surface area contributed by atoms with E-state index in [1.165, 1.54) is 6.92 Å². The molecule has 6 heteroatoms. The normalized spacial score (nSPS) is 11.1. The Bertz CT molecular complexity index is 827. The fraction of sp³-hybridized carbons (Fsp3) is 0.250. The number of amides is 1. The Morgan fingerprint density at radius 2 is 1.85 bits per heavy atom. The van der Waals surface area contributed by atoms with Gasteiger partial charge < -0.3 is 14.8 Å². The van der Waals surface area contributed by atoms with E-state index < -0.39 is 18.0 Å². The highest BCUT2D eigenvalue weighted by Gasteiger charge is 2.19. The van der Waals surface area contributed by atoms with E-state index in [-0.39, 0.29) is 6.42 Å². The third-order valence-corrected chi connectivity index (χ3v) is 3.77. The van der Waals surface area contributed by atoms with Crippen molar-refractivity contribution in [3.8, 4) is 11.8 Å². The van der Waals surface area contributed by atoms with E-state index in [1.54, 1.807) is 31.4 Å². The largest absolute Gasteiger partial charge is 0.496 e. The van der Waals surface area contributed by atoms with Gasteiger partial charge in [0.05, 0.1) is 18.4 Å².